The summed E-state index contributed by atoms with van der Waals surface area (Å²) >= 11 is 0. The third-order valence-electron chi connectivity index (χ3n) is 4.50. The lowest BCUT2D eigenvalue weighted by atomic mass is 10.0. The highest BCUT2D eigenvalue weighted by Crippen LogP contribution is 2.26. The number of amides is 2. The number of rotatable bonds is 4. The first-order valence-corrected chi connectivity index (χ1v) is 8.02. The van der Waals surface area contributed by atoms with Crippen LogP contribution in [0.25, 0.3) is 11.1 Å². The molecule has 1 saturated heterocycles. The fourth-order valence-electron chi connectivity index (χ4n) is 3.00. The molecular weight excluding hydrogens is 323 g/mol. The van der Waals surface area contributed by atoms with Gasteiger partial charge >= 0.3 is 0 Å². The Balaban J connectivity index is 1.79. The van der Waals surface area contributed by atoms with Crippen molar-refractivity contribution in [3.8, 4) is 16.9 Å². The van der Waals surface area contributed by atoms with E-state index in [4.69, 9.17) is 10.5 Å². The number of ether oxygens (including phenoxy) is 1. The molecule has 25 heavy (non-hydrogen) atoms. The quantitative estimate of drug-likeness (QED) is 0.928. The first-order chi connectivity index (χ1) is 12.0. The van der Waals surface area contributed by atoms with Crippen molar-refractivity contribution >= 4 is 11.8 Å². The maximum atomic E-state index is 14.5. The number of halogens is 1. The number of primary amides is 1. The van der Waals surface area contributed by atoms with Gasteiger partial charge in [0.2, 0.25) is 5.91 Å². The molecule has 1 fully saturated rings. The molecule has 0 spiro atoms. The minimum absolute atomic E-state index is 0.00221. The van der Waals surface area contributed by atoms with E-state index in [0.29, 0.717) is 24.3 Å². The van der Waals surface area contributed by atoms with E-state index in [1.807, 2.05) is 12.1 Å². The number of likely N-dealkylation sites (tertiary alicyclic amines) is 1. The molecule has 0 saturated carbocycles. The normalized spacial score (nSPS) is 16.7. The minimum Gasteiger partial charge on any atom is -0.497 e. The van der Waals surface area contributed by atoms with Crippen molar-refractivity contribution < 1.29 is 18.7 Å². The minimum atomic E-state index is -0.583. The molecule has 2 aromatic carbocycles. The molecule has 5 nitrogen and oxygen atoms in total. The second kappa shape index (κ2) is 6.93. The molecular formula is C19H19FN2O3. The summed E-state index contributed by atoms with van der Waals surface area (Å²) in [4.78, 5) is 25.2. The summed E-state index contributed by atoms with van der Waals surface area (Å²) in [7, 11) is 1.58. The van der Waals surface area contributed by atoms with Crippen LogP contribution in [0.15, 0.2) is 42.5 Å². The van der Waals surface area contributed by atoms with Gasteiger partial charge in [0.25, 0.3) is 5.91 Å². The highest BCUT2D eigenvalue weighted by atomic mass is 19.1. The molecule has 0 bridgehead atoms. The standard InChI is InChI=1S/C19H19FN2O3/c1-25-15-5-2-12(3-6-15)13-4-7-16(17(20)10-13)19(24)22-9-8-14(11-22)18(21)23/h2-7,10,14H,8-9,11H2,1H3,(H2,21,23). The highest BCUT2D eigenvalue weighted by Gasteiger charge is 2.31. The number of carbonyl (C=O) groups excluding carboxylic acids is 2. The average Bonchev–Trinajstić information content (AvgIpc) is 3.11. The Morgan fingerprint density at radius 1 is 1.16 bits per heavy atom. The Hall–Kier alpha value is -2.89. The molecule has 0 aliphatic carbocycles. The fourth-order valence-corrected chi connectivity index (χ4v) is 3.00. The Labute approximate surface area is 145 Å². The molecule has 2 aromatic rings. The second-order valence-electron chi connectivity index (χ2n) is 6.06. The van der Waals surface area contributed by atoms with Gasteiger partial charge in [-0.2, -0.15) is 0 Å². The Bertz CT molecular complexity index is 805. The number of nitrogens with two attached hydrogens (primary N) is 1. The smallest absolute Gasteiger partial charge is 0.256 e. The maximum Gasteiger partial charge on any atom is 0.256 e. The molecule has 130 valence electrons. The van der Waals surface area contributed by atoms with E-state index in [9.17, 15) is 14.0 Å². The third kappa shape index (κ3) is 3.47. The molecule has 1 atom stereocenters. The van der Waals surface area contributed by atoms with Gasteiger partial charge < -0.3 is 15.4 Å². The van der Waals surface area contributed by atoms with Gasteiger partial charge in [0, 0.05) is 13.1 Å². The highest BCUT2D eigenvalue weighted by molar-refractivity contribution is 5.95. The van der Waals surface area contributed by atoms with Gasteiger partial charge in [0.1, 0.15) is 11.6 Å². The Morgan fingerprint density at radius 2 is 1.84 bits per heavy atom. The summed E-state index contributed by atoms with van der Waals surface area (Å²) in [5.41, 5.74) is 6.78. The largest absolute Gasteiger partial charge is 0.497 e. The molecule has 0 aromatic heterocycles. The van der Waals surface area contributed by atoms with Crippen molar-refractivity contribution in [2.24, 2.45) is 11.7 Å². The lowest BCUT2D eigenvalue weighted by Crippen LogP contribution is -2.32. The van der Waals surface area contributed by atoms with Gasteiger partial charge in [-0.1, -0.05) is 18.2 Å². The lowest BCUT2D eigenvalue weighted by molar-refractivity contribution is -0.121. The SMILES string of the molecule is COc1ccc(-c2ccc(C(=O)N3CCC(C(N)=O)C3)c(F)c2)cc1. The van der Waals surface area contributed by atoms with E-state index in [-0.39, 0.29) is 18.0 Å². The zero-order valence-corrected chi connectivity index (χ0v) is 13.9. The third-order valence-corrected chi connectivity index (χ3v) is 4.50. The molecule has 1 aliphatic heterocycles. The van der Waals surface area contributed by atoms with E-state index in [1.54, 1.807) is 25.3 Å². The summed E-state index contributed by atoms with van der Waals surface area (Å²) in [5.74, 6) is -1.06. The summed E-state index contributed by atoms with van der Waals surface area (Å²) in [6.07, 6.45) is 0.520. The molecule has 3 rings (SSSR count). The molecule has 2 N–H and O–H groups in total. The van der Waals surface area contributed by atoms with Crippen molar-refractivity contribution in [2.75, 3.05) is 20.2 Å². The second-order valence-corrected chi connectivity index (χ2v) is 6.06. The van der Waals surface area contributed by atoms with Crippen LogP contribution >= 0.6 is 0 Å². The van der Waals surface area contributed by atoms with Gasteiger partial charge in [-0.3, -0.25) is 9.59 Å². The van der Waals surface area contributed by atoms with E-state index >= 15 is 0 Å². The lowest BCUT2D eigenvalue weighted by Gasteiger charge is -2.16. The van der Waals surface area contributed by atoms with E-state index < -0.39 is 17.6 Å². The number of benzene rings is 2. The van der Waals surface area contributed by atoms with Gasteiger partial charge in [0.05, 0.1) is 18.6 Å². The summed E-state index contributed by atoms with van der Waals surface area (Å²) < 4.78 is 19.6. The van der Waals surface area contributed by atoms with Crippen LogP contribution in [0.3, 0.4) is 0 Å². The molecule has 1 heterocycles. The average molecular weight is 342 g/mol. The predicted molar refractivity (Wildman–Crippen MR) is 91.6 cm³/mol. The summed E-state index contributed by atoms with van der Waals surface area (Å²) in [6, 6.07) is 11.8. The van der Waals surface area contributed by atoms with Crippen LogP contribution in [0, 0.1) is 11.7 Å². The van der Waals surface area contributed by atoms with E-state index in [2.05, 4.69) is 0 Å². The first-order valence-electron chi connectivity index (χ1n) is 8.02. The molecule has 1 unspecified atom stereocenters. The predicted octanol–water partition coefficient (Wildman–Crippen LogP) is 2.45. The van der Waals surface area contributed by atoms with Crippen LogP contribution in [0.5, 0.6) is 5.75 Å². The van der Waals surface area contributed by atoms with Crippen LogP contribution in [-0.4, -0.2) is 36.9 Å². The summed E-state index contributed by atoms with van der Waals surface area (Å²) in [5, 5.41) is 0. The number of methoxy groups -OCH3 is 1. The Morgan fingerprint density at radius 3 is 2.40 bits per heavy atom. The topological polar surface area (TPSA) is 72.6 Å². The molecule has 0 radical (unpaired) electrons. The van der Waals surface area contributed by atoms with Gasteiger partial charge in [-0.15, -0.1) is 0 Å². The van der Waals surface area contributed by atoms with Gasteiger partial charge in [-0.25, -0.2) is 4.39 Å². The zero-order chi connectivity index (χ0) is 18.0. The van der Waals surface area contributed by atoms with Crippen LogP contribution in [0.1, 0.15) is 16.8 Å². The number of nitrogens with zero attached hydrogens (tertiary/aromatic N) is 1. The van der Waals surface area contributed by atoms with Crippen molar-refractivity contribution in [3.63, 3.8) is 0 Å². The summed E-state index contributed by atoms with van der Waals surface area (Å²) in [6.45, 7) is 0.653. The molecule has 2 amide bonds. The monoisotopic (exact) mass is 342 g/mol. The number of carbonyl (C=O) groups is 2. The molecule has 6 heteroatoms. The van der Waals surface area contributed by atoms with E-state index in [0.717, 1.165) is 5.56 Å². The van der Waals surface area contributed by atoms with Crippen LogP contribution in [0.4, 0.5) is 4.39 Å². The Kier molecular flexibility index (Phi) is 4.70. The van der Waals surface area contributed by atoms with Gasteiger partial charge in [-0.05, 0) is 41.8 Å². The van der Waals surface area contributed by atoms with Crippen molar-refractivity contribution in [2.45, 2.75) is 6.42 Å². The van der Waals surface area contributed by atoms with Crippen molar-refractivity contribution in [3.05, 3.63) is 53.8 Å². The zero-order valence-electron chi connectivity index (χ0n) is 13.9. The van der Waals surface area contributed by atoms with Gasteiger partial charge in [0.15, 0.2) is 0 Å². The van der Waals surface area contributed by atoms with E-state index in [1.165, 1.54) is 17.0 Å². The number of hydrogen-bond donors (Lipinski definition) is 1. The fraction of sp³-hybridized carbons (Fsp3) is 0.263. The maximum absolute atomic E-state index is 14.5. The molecule has 1 aliphatic rings. The van der Waals surface area contributed by atoms with Crippen LogP contribution in [-0.2, 0) is 4.79 Å². The first kappa shape index (κ1) is 17.0. The number of hydrogen-bond acceptors (Lipinski definition) is 3. The van der Waals surface area contributed by atoms with Crippen LogP contribution in [0.2, 0.25) is 0 Å². The van der Waals surface area contributed by atoms with Crippen LogP contribution < -0.4 is 10.5 Å². The van der Waals surface area contributed by atoms with Crippen molar-refractivity contribution in [1.29, 1.82) is 0 Å². The van der Waals surface area contributed by atoms with Crippen molar-refractivity contribution in [1.82, 2.24) is 4.90 Å².